The lowest BCUT2D eigenvalue weighted by molar-refractivity contribution is 0.114. The Kier molecular flexibility index (Phi) is 8.47. The van der Waals surface area contributed by atoms with E-state index in [2.05, 4.69) is 53.7 Å². The number of hydrogen-bond donors (Lipinski definition) is 2. The number of nitrogens with zero attached hydrogens (tertiary/aromatic N) is 1. The molecule has 0 atom stereocenters. The molecule has 0 bridgehead atoms. The van der Waals surface area contributed by atoms with Gasteiger partial charge in [-0.05, 0) is 17.9 Å². The summed E-state index contributed by atoms with van der Waals surface area (Å²) in [6, 6.07) is 10.4. The monoisotopic (exact) mass is 277 g/mol. The molecule has 0 aliphatic rings. The Morgan fingerprint density at radius 2 is 1.85 bits per heavy atom. The van der Waals surface area contributed by atoms with Crippen LogP contribution < -0.4 is 10.6 Å². The lowest BCUT2D eigenvalue weighted by Gasteiger charge is -2.12. The van der Waals surface area contributed by atoms with Crippen LogP contribution in [0.3, 0.4) is 0 Å². The van der Waals surface area contributed by atoms with Crippen LogP contribution >= 0.6 is 0 Å². The van der Waals surface area contributed by atoms with Crippen molar-refractivity contribution < 1.29 is 4.74 Å². The minimum atomic E-state index is 0.582. The van der Waals surface area contributed by atoms with Crippen molar-refractivity contribution in [2.45, 2.75) is 20.3 Å². The van der Waals surface area contributed by atoms with E-state index >= 15 is 0 Å². The van der Waals surface area contributed by atoms with Crippen LogP contribution in [0.5, 0.6) is 0 Å². The molecular formula is C16H27N3O. The molecule has 0 aliphatic carbocycles. The van der Waals surface area contributed by atoms with E-state index in [-0.39, 0.29) is 0 Å². The fourth-order valence-corrected chi connectivity index (χ4v) is 1.75. The van der Waals surface area contributed by atoms with E-state index in [1.807, 2.05) is 6.07 Å². The van der Waals surface area contributed by atoms with Gasteiger partial charge in [-0.15, -0.1) is 0 Å². The van der Waals surface area contributed by atoms with Gasteiger partial charge >= 0.3 is 0 Å². The Labute approximate surface area is 122 Å². The van der Waals surface area contributed by atoms with Gasteiger partial charge in [0.05, 0.1) is 6.61 Å². The molecule has 0 amide bonds. The third-order valence-corrected chi connectivity index (χ3v) is 2.76. The third-order valence-electron chi connectivity index (χ3n) is 2.76. The molecule has 0 heterocycles. The summed E-state index contributed by atoms with van der Waals surface area (Å²) in [5.41, 5.74) is 1.33. The summed E-state index contributed by atoms with van der Waals surface area (Å²) in [6.07, 6.45) is 0.991. The third kappa shape index (κ3) is 7.79. The van der Waals surface area contributed by atoms with Crippen molar-refractivity contribution in [3.05, 3.63) is 35.9 Å². The zero-order valence-corrected chi connectivity index (χ0v) is 12.9. The normalized spacial score (nSPS) is 11.7. The highest BCUT2D eigenvalue weighted by molar-refractivity contribution is 5.79. The fourth-order valence-electron chi connectivity index (χ4n) is 1.75. The molecule has 0 fully saturated rings. The van der Waals surface area contributed by atoms with Crippen molar-refractivity contribution in [2.75, 3.05) is 33.4 Å². The van der Waals surface area contributed by atoms with Gasteiger partial charge in [-0.1, -0.05) is 44.2 Å². The van der Waals surface area contributed by atoms with Gasteiger partial charge < -0.3 is 15.4 Å². The molecule has 0 saturated carbocycles. The molecule has 20 heavy (non-hydrogen) atoms. The molecule has 0 aliphatic heterocycles. The van der Waals surface area contributed by atoms with Gasteiger partial charge in [0.1, 0.15) is 0 Å². The van der Waals surface area contributed by atoms with E-state index in [1.54, 1.807) is 7.05 Å². The van der Waals surface area contributed by atoms with Gasteiger partial charge in [-0.25, -0.2) is 0 Å². The van der Waals surface area contributed by atoms with E-state index in [0.717, 1.165) is 32.1 Å². The molecule has 0 radical (unpaired) electrons. The highest BCUT2D eigenvalue weighted by Gasteiger charge is 1.98. The van der Waals surface area contributed by atoms with Crippen molar-refractivity contribution in [1.29, 1.82) is 0 Å². The quantitative estimate of drug-likeness (QED) is 0.434. The average Bonchev–Trinajstić information content (AvgIpc) is 2.46. The average molecular weight is 277 g/mol. The molecule has 2 N–H and O–H groups in total. The van der Waals surface area contributed by atoms with Crippen LogP contribution in [0.2, 0.25) is 0 Å². The molecule has 1 aromatic rings. The maximum atomic E-state index is 5.52. The first-order valence-corrected chi connectivity index (χ1v) is 7.28. The maximum Gasteiger partial charge on any atom is 0.191 e. The van der Waals surface area contributed by atoms with Crippen LogP contribution in [0.25, 0.3) is 0 Å². The molecule has 0 saturated heterocycles. The number of nitrogens with one attached hydrogen (secondary N) is 2. The van der Waals surface area contributed by atoms with E-state index < -0.39 is 0 Å². The molecule has 4 heteroatoms. The second-order valence-corrected chi connectivity index (χ2v) is 5.13. The number of aliphatic imine (C=N–C) groups is 1. The minimum Gasteiger partial charge on any atom is -0.379 e. The largest absolute Gasteiger partial charge is 0.379 e. The number of benzene rings is 1. The van der Waals surface area contributed by atoms with Crippen LogP contribution in [-0.2, 0) is 11.2 Å². The summed E-state index contributed by atoms with van der Waals surface area (Å²) in [6.45, 7) is 7.46. The smallest absolute Gasteiger partial charge is 0.191 e. The van der Waals surface area contributed by atoms with E-state index in [4.69, 9.17) is 4.74 Å². The first-order valence-electron chi connectivity index (χ1n) is 7.28. The molecule has 1 rings (SSSR count). The topological polar surface area (TPSA) is 45.7 Å². The highest BCUT2D eigenvalue weighted by atomic mass is 16.5. The Balaban J connectivity index is 2.11. The van der Waals surface area contributed by atoms with Crippen LogP contribution in [0.1, 0.15) is 19.4 Å². The van der Waals surface area contributed by atoms with Crippen molar-refractivity contribution in [3.63, 3.8) is 0 Å². The van der Waals surface area contributed by atoms with Crippen LogP contribution in [0.15, 0.2) is 35.3 Å². The van der Waals surface area contributed by atoms with Crippen molar-refractivity contribution in [2.24, 2.45) is 10.9 Å². The van der Waals surface area contributed by atoms with Gasteiger partial charge in [0.15, 0.2) is 5.96 Å². The summed E-state index contributed by atoms with van der Waals surface area (Å²) in [4.78, 5) is 4.19. The van der Waals surface area contributed by atoms with Crippen LogP contribution in [0.4, 0.5) is 0 Å². The standard InChI is InChI=1S/C16H27N3O/c1-14(2)13-20-12-11-19-16(17-3)18-10-9-15-7-5-4-6-8-15/h4-8,14H,9-13H2,1-3H3,(H2,17,18,19). The van der Waals surface area contributed by atoms with Gasteiger partial charge in [0.25, 0.3) is 0 Å². The molecule has 0 aromatic heterocycles. The van der Waals surface area contributed by atoms with Crippen LogP contribution in [0, 0.1) is 5.92 Å². The molecule has 1 aromatic carbocycles. The fraction of sp³-hybridized carbons (Fsp3) is 0.562. The van der Waals surface area contributed by atoms with E-state index in [1.165, 1.54) is 5.56 Å². The zero-order chi connectivity index (χ0) is 14.6. The second-order valence-electron chi connectivity index (χ2n) is 5.13. The number of guanidine groups is 1. The lowest BCUT2D eigenvalue weighted by atomic mass is 10.1. The minimum absolute atomic E-state index is 0.582. The molecule has 112 valence electrons. The Morgan fingerprint density at radius 1 is 1.15 bits per heavy atom. The summed E-state index contributed by atoms with van der Waals surface area (Å²) in [7, 11) is 1.78. The lowest BCUT2D eigenvalue weighted by Crippen LogP contribution is -2.39. The summed E-state index contributed by atoms with van der Waals surface area (Å²) >= 11 is 0. The molecule has 0 unspecified atom stereocenters. The Hall–Kier alpha value is -1.55. The van der Waals surface area contributed by atoms with Gasteiger partial charge in [-0.3, -0.25) is 4.99 Å². The van der Waals surface area contributed by atoms with Crippen molar-refractivity contribution >= 4 is 5.96 Å². The zero-order valence-electron chi connectivity index (χ0n) is 12.9. The van der Waals surface area contributed by atoms with E-state index in [0.29, 0.717) is 12.5 Å². The van der Waals surface area contributed by atoms with Gasteiger partial charge in [0, 0.05) is 26.7 Å². The van der Waals surface area contributed by atoms with E-state index in [9.17, 15) is 0 Å². The maximum absolute atomic E-state index is 5.52. The first kappa shape index (κ1) is 16.5. The summed E-state index contributed by atoms with van der Waals surface area (Å²) in [5.74, 6) is 1.41. The van der Waals surface area contributed by atoms with Crippen LogP contribution in [-0.4, -0.2) is 39.3 Å². The molecule has 4 nitrogen and oxygen atoms in total. The highest BCUT2D eigenvalue weighted by Crippen LogP contribution is 1.97. The Morgan fingerprint density at radius 3 is 2.50 bits per heavy atom. The summed E-state index contributed by atoms with van der Waals surface area (Å²) < 4.78 is 5.52. The Bertz CT molecular complexity index is 377. The summed E-state index contributed by atoms with van der Waals surface area (Å²) in [5, 5.41) is 6.54. The predicted octanol–water partition coefficient (Wildman–Crippen LogP) is 2.07. The number of hydrogen-bond acceptors (Lipinski definition) is 2. The van der Waals surface area contributed by atoms with Crippen molar-refractivity contribution in [1.82, 2.24) is 10.6 Å². The second kappa shape index (κ2) is 10.3. The molecular weight excluding hydrogens is 250 g/mol. The molecule has 0 spiro atoms. The number of rotatable bonds is 8. The number of ether oxygens (including phenoxy) is 1. The van der Waals surface area contributed by atoms with Crippen molar-refractivity contribution in [3.8, 4) is 0 Å². The van der Waals surface area contributed by atoms with Gasteiger partial charge in [-0.2, -0.15) is 0 Å². The first-order chi connectivity index (χ1) is 9.72. The predicted molar refractivity (Wildman–Crippen MR) is 85.2 cm³/mol. The SMILES string of the molecule is CN=C(NCCOCC(C)C)NCCc1ccccc1. The van der Waals surface area contributed by atoms with Gasteiger partial charge in [0.2, 0.25) is 0 Å².